The molecule has 80 valence electrons. The molecule has 0 unspecified atom stereocenters. The van der Waals surface area contributed by atoms with Crippen molar-refractivity contribution >= 4 is 49.6 Å². The van der Waals surface area contributed by atoms with Gasteiger partial charge >= 0.3 is 6.18 Å². The average molecular weight is 393 g/mol. The number of aromatic nitrogens is 2. The molecule has 2 aromatic rings. The molecule has 0 atom stereocenters. The van der Waals surface area contributed by atoms with Gasteiger partial charge in [-0.25, -0.2) is 4.63 Å². The van der Waals surface area contributed by atoms with Crippen molar-refractivity contribution in [2.75, 3.05) is 0 Å². The Bertz CT molecular complexity index is 525. The van der Waals surface area contributed by atoms with Gasteiger partial charge in [0.15, 0.2) is 5.52 Å². The van der Waals surface area contributed by atoms with E-state index in [2.05, 4.69) is 30.9 Å². The van der Waals surface area contributed by atoms with Gasteiger partial charge in [0.05, 0.1) is 9.13 Å². The van der Waals surface area contributed by atoms with Crippen LogP contribution in [-0.2, 0) is 6.18 Å². The Morgan fingerprint density at radius 1 is 1.27 bits per heavy atom. The van der Waals surface area contributed by atoms with Crippen LogP contribution < -0.4 is 0 Å². The van der Waals surface area contributed by atoms with Crippen LogP contribution in [0.25, 0.3) is 11.0 Å². The number of hydrogen-bond donors (Lipinski definition) is 0. The highest BCUT2D eigenvalue weighted by atomic mass is 127. The van der Waals surface area contributed by atoms with Gasteiger partial charge < -0.3 is 0 Å². The maximum atomic E-state index is 12.6. The topological polar surface area (TPSA) is 38.9 Å². The van der Waals surface area contributed by atoms with E-state index in [0.29, 0.717) is 0 Å². The molecule has 3 nitrogen and oxygen atoms in total. The molecule has 0 aliphatic rings. The van der Waals surface area contributed by atoms with Crippen molar-refractivity contribution in [2.45, 2.75) is 6.18 Å². The van der Waals surface area contributed by atoms with Gasteiger partial charge in [-0.3, -0.25) is 0 Å². The van der Waals surface area contributed by atoms with Crippen LogP contribution in [0.5, 0.6) is 0 Å². The summed E-state index contributed by atoms with van der Waals surface area (Å²) in [6.45, 7) is 0. The monoisotopic (exact) mass is 392 g/mol. The van der Waals surface area contributed by atoms with Crippen molar-refractivity contribution < 1.29 is 17.8 Å². The Hall–Kier alpha value is -0.380. The third kappa shape index (κ3) is 1.84. The zero-order chi connectivity index (χ0) is 11.2. The maximum Gasteiger partial charge on any atom is 0.417 e. The van der Waals surface area contributed by atoms with Gasteiger partial charge in [-0.05, 0) is 54.9 Å². The lowest BCUT2D eigenvalue weighted by Gasteiger charge is -2.09. The second-order valence-corrected chi connectivity index (χ2v) is 4.61. The fraction of sp³-hybridized carbons (Fsp3) is 0.143. The molecule has 0 N–H and O–H groups in total. The van der Waals surface area contributed by atoms with Crippen molar-refractivity contribution in [3.8, 4) is 0 Å². The Morgan fingerprint density at radius 3 is 2.47 bits per heavy atom. The zero-order valence-corrected chi connectivity index (χ0v) is 10.5. The van der Waals surface area contributed by atoms with Crippen LogP contribution in [0.3, 0.4) is 0 Å². The SMILES string of the molecule is FC(F)(F)c1cc(Br)c2nonc2c1I. The highest BCUT2D eigenvalue weighted by Gasteiger charge is 2.35. The fourth-order valence-electron chi connectivity index (χ4n) is 1.08. The molecule has 0 radical (unpaired) electrons. The number of fused-ring (bicyclic) bond motifs is 1. The van der Waals surface area contributed by atoms with Crippen molar-refractivity contribution in [2.24, 2.45) is 0 Å². The third-order valence-electron chi connectivity index (χ3n) is 1.74. The Balaban J connectivity index is 2.83. The van der Waals surface area contributed by atoms with E-state index in [4.69, 9.17) is 0 Å². The van der Waals surface area contributed by atoms with E-state index in [1.807, 2.05) is 0 Å². The molecule has 0 spiro atoms. The lowest BCUT2D eigenvalue weighted by Crippen LogP contribution is -2.08. The second-order valence-electron chi connectivity index (χ2n) is 2.68. The van der Waals surface area contributed by atoms with Crippen LogP contribution in [0.4, 0.5) is 13.2 Å². The number of benzene rings is 1. The van der Waals surface area contributed by atoms with E-state index in [1.165, 1.54) is 0 Å². The summed E-state index contributed by atoms with van der Waals surface area (Å²) in [7, 11) is 0. The minimum atomic E-state index is -4.41. The predicted octanol–water partition coefficient (Wildman–Crippen LogP) is 3.61. The first-order valence-electron chi connectivity index (χ1n) is 3.58. The second kappa shape index (κ2) is 3.58. The number of halogens is 5. The molecular formula is C7HBrF3IN2O. The van der Waals surface area contributed by atoms with Gasteiger partial charge in [-0.15, -0.1) is 0 Å². The van der Waals surface area contributed by atoms with Crippen LogP contribution in [0.1, 0.15) is 5.56 Å². The standard InChI is InChI=1S/C7HBrF3IN2O/c8-3-1-2(7(9,10)11)4(12)6-5(3)13-15-14-6/h1H. The number of rotatable bonds is 0. The van der Waals surface area contributed by atoms with Gasteiger partial charge in [0.1, 0.15) is 5.52 Å². The van der Waals surface area contributed by atoms with Gasteiger partial charge in [0.2, 0.25) is 0 Å². The summed E-state index contributed by atoms with van der Waals surface area (Å²) in [5.41, 5.74) is -0.358. The summed E-state index contributed by atoms with van der Waals surface area (Å²) in [5.74, 6) is 0. The van der Waals surface area contributed by atoms with E-state index in [0.717, 1.165) is 6.07 Å². The molecule has 1 aromatic heterocycles. The van der Waals surface area contributed by atoms with E-state index in [-0.39, 0.29) is 19.1 Å². The highest BCUT2D eigenvalue weighted by molar-refractivity contribution is 14.1. The Morgan fingerprint density at radius 2 is 1.87 bits per heavy atom. The molecule has 0 aliphatic heterocycles. The summed E-state index contributed by atoms with van der Waals surface area (Å²) in [6, 6.07) is 0.967. The molecule has 0 fully saturated rings. The summed E-state index contributed by atoms with van der Waals surface area (Å²) in [6.07, 6.45) is -4.41. The fourth-order valence-corrected chi connectivity index (χ4v) is 2.39. The highest BCUT2D eigenvalue weighted by Crippen LogP contribution is 2.38. The smallest absolute Gasteiger partial charge is 0.243 e. The molecular weight excluding hydrogens is 392 g/mol. The lowest BCUT2D eigenvalue weighted by molar-refractivity contribution is -0.138. The molecule has 0 aliphatic carbocycles. The lowest BCUT2D eigenvalue weighted by atomic mass is 10.2. The van der Waals surface area contributed by atoms with Gasteiger partial charge in [-0.1, -0.05) is 0 Å². The molecule has 0 bridgehead atoms. The van der Waals surface area contributed by atoms with E-state index in [9.17, 15) is 13.2 Å². The van der Waals surface area contributed by atoms with E-state index >= 15 is 0 Å². The Kier molecular flexibility index (Phi) is 2.65. The maximum absolute atomic E-state index is 12.6. The minimum Gasteiger partial charge on any atom is -0.243 e. The number of alkyl halides is 3. The molecule has 0 amide bonds. The van der Waals surface area contributed by atoms with Gasteiger partial charge in [0, 0.05) is 4.47 Å². The molecule has 2 rings (SSSR count). The molecule has 0 saturated heterocycles. The average Bonchev–Trinajstić information content (AvgIpc) is 2.58. The Labute approximate surface area is 103 Å². The van der Waals surface area contributed by atoms with Crippen LogP contribution in [-0.4, -0.2) is 10.3 Å². The third-order valence-corrected chi connectivity index (χ3v) is 3.43. The van der Waals surface area contributed by atoms with Crippen LogP contribution in [0.15, 0.2) is 15.2 Å². The summed E-state index contributed by atoms with van der Waals surface area (Å²) >= 11 is 4.56. The first-order chi connectivity index (χ1) is 6.91. The van der Waals surface area contributed by atoms with E-state index < -0.39 is 11.7 Å². The minimum absolute atomic E-state index is 0.0143. The van der Waals surface area contributed by atoms with Crippen molar-refractivity contribution in [3.05, 3.63) is 19.7 Å². The molecule has 1 aromatic carbocycles. The first kappa shape index (κ1) is 11.1. The normalized spacial score (nSPS) is 12.3. The van der Waals surface area contributed by atoms with Crippen LogP contribution in [0, 0.1) is 3.57 Å². The molecule has 8 heteroatoms. The predicted molar refractivity (Wildman–Crippen MR) is 57.2 cm³/mol. The molecule has 1 heterocycles. The van der Waals surface area contributed by atoms with E-state index in [1.54, 1.807) is 22.6 Å². The van der Waals surface area contributed by atoms with Crippen molar-refractivity contribution in [3.63, 3.8) is 0 Å². The molecule has 15 heavy (non-hydrogen) atoms. The van der Waals surface area contributed by atoms with Gasteiger partial charge in [0.25, 0.3) is 0 Å². The number of hydrogen-bond acceptors (Lipinski definition) is 3. The molecule has 0 saturated carbocycles. The first-order valence-corrected chi connectivity index (χ1v) is 5.46. The van der Waals surface area contributed by atoms with Crippen LogP contribution in [0.2, 0.25) is 0 Å². The van der Waals surface area contributed by atoms with Crippen molar-refractivity contribution in [1.29, 1.82) is 0 Å². The summed E-state index contributed by atoms with van der Waals surface area (Å²) < 4.78 is 42.3. The van der Waals surface area contributed by atoms with Crippen LogP contribution >= 0.6 is 38.5 Å². The summed E-state index contributed by atoms with van der Waals surface area (Å²) in [5, 5.41) is 6.93. The zero-order valence-electron chi connectivity index (χ0n) is 6.77. The largest absolute Gasteiger partial charge is 0.417 e. The quantitative estimate of drug-likeness (QED) is 0.643. The van der Waals surface area contributed by atoms with Gasteiger partial charge in [-0.2, -0.15) is 13.2 Å². The van der Waals surface area contributed by atoms with Crippen molar-refractivity contribution in [1.82, 2.24) is 10.3 Å². The number of nitrogens with zero attached hydrogens (tertiary/aromatic N) is 2. The summed E-state index contributed by atoms with van der Waals surface area (Å²) in [4.78, 5) is 0.